The molecule has 0 amide bonds. The zero-order valence-corrected chi connectivity index (χ0v) is 9.08. The van der Waals surface area contributed by atoms with Crippen molar-refractivity contribution in [2.24, 2.45) is 0 Å². The third-order valence-electron chi connectivity index (χ3n) is 2.36. The Morgan fingerprint density at radius 1 is 1.41 bits per heavy atom. The molecule has 1 heterocycles. The van der Waals surface area contributed by atoms with Crippen molar-refractivity contribution >= 4 is 22.3 Å². The molecule has 0 bridgehead atoms. The van der Waals surface area contributed by atoms with Gasteiger partial charge in [0.05, 0.1) is 17.6 Å². The highest BCUT2D eigenvalue weighted by atomic mass is 19.3. The number of ether oxygens (including phenoxy) is 1. The van der Waals surface area contributed by atoms with Crippen LogP contribution in [0.2, 0.25) is 0 Å². The topological polar surface area (TPSA) is 60.2 Å². The minimum absolute atomic E-state index is 0.0361. The molecule has 1 aromatic carbocycles. The molecule has 4 nitrogen and oxygen atoms in total. The van der Waals surface area contributed by atoms with Crippen LogP contribution in [0.5, 0.6) is 5.75 Å². The molecule has 0 saturated heterocycles. The van der Waals surface area contributed by atoms with Crippen LogP contribution in [0.25, 0.3) is 10.9 Å². The van der Waals surface area contributed by atoms with Gasteiger partial charge in [-0.15, -0.1) is 0 Å². The lowest BCUT2D eigenvalue weighted by molar-refractivity contribution is -0.0489. The number of nitrogens with two attached hydrogens (primary N) is 1. The summed E-state index contributed by atoms with van der Waals surface area (Å²) in [6.45, 7) is -2.88. The number of para-hydroxylation sites is 1. The Morgan fingerprint density at radius 3 is 2.82 bits per heavy atom. The molecule has 0 aliphatic rings. The molecular formula is C11H11F2N3O. The van der Waals surface area contributed by atoms with Crippen molar-refractivity contribution in [1.82, 2.24) is 4.98 Å². The largest absolute Gasteiger partial charge is 0.432 e. The quantitative estimate of drug-likeness (QED) is 0.863. The van der Waals surface area contributed by atoms with Gasteiger partial charge in [0, 0.05) is 12.4 Å². The predicted molar refractivity (Wildman–Crippen MR) is 62.3 cm³/mol. The van der Waals surface area contributed by atoms with E-state index in [0.29, 0.717) is 22.3 Å². The van der Waals surface area contributed by atoms with Gasteiger partial charge in [-0.1, -0.05) is 12.1 Å². The summed E-state index contributed by atoms with van der Waals surface area (Å²) in [7, 11) is 1.70. The summed E-state index contributed by atoms with van der Waals surface area (Å²) in [5, 5.41) is 3.55. The number of aromatic nitrogens is 1. The number of hydrogen-bond acceptors (Lipinski definition) is 4. The summed E-state index contributed by atoms with van der Waals surface area (Å²) in [6.07, 6.45) is 1.41. The number of nitrogen functional groups attached to an aromatic ring is 1. The molecule has 0 saturated carbocycles. The van der Waals surface area contributed by atoms with Crippen LogP contribution < -0.4 is 15.8 Å². The minimum atomic E-state index is -2.88. The normalized spacial score (nSPS) is 10.8. The fourth-order valence-corrected chi connectivity index (χ4v) is 1.68. The van der Waals surface area contributed by atoms with E-state index in [-0.39, 0.29) is 5.75 Å². The van der Waals surface area contributed by atoms with Crippen LogP contribution in [0.1, 0.15) is 0 Å². The summed E-state index contributed by atoms with van der Waals surface area (Å²) < 4.78 is 28.8. The number of pyridine rings is 1. The second kappa shape index (κ2) is 4.40. The second-order valence-electron chi connectivity index (χ2n) is 3.37. The minimum Gasteiger partial charge on any atom is -0.432 e. The van der Waals surface area contributed by atoms with Gasteiger partial charge in [0.2, 0.25) is 0 Å². The van der Waals surface area contributed by atoms with Gasteiger partial charge < -0.3 is 15.8 Å². The zero-order chi connectivity index (χ0) is 12.4. The Bertz CT molecular complexity index is 545. The van der Waals surface area contributed by atoms with Gasteiger partial charge >= 0.3 is 6.61 Å². The van der Waals surface area contributed by atoms with Crippen molar-refractivity contribution < 1.29 is 13.5 Å². The summed E-state index contributed by atoms with van der Waals surface area (Å²) >= 11 is 0. The maximum atomic E-state index is 12.2. The fraction of sp³-hybridized carbons (Fsp3) is 0.182. The number of benzene rings is 1. The van der Waals surface area contributed by atoms with Crippen LogP contribution in [0.3, 0.4) is 0 Å². The van der Waals surface area contributed by atoms with Crippen LogP contribution in [-0.4, -0.2) is 18.6 Å². The molecule has 0 unspecified atom stereocenters. The number of alkyl halides is 2. The SMILES string of the molecule is CNc1c(N)cnc2c(OC(F)F)cccc12. The molecule has 1 aromatic heterocycles. The average molecular weight is 239 g/mol. The van der Waals surface area contributed by atoms with Gasteiger partial charge in [-0.25, -0.2) is 0 Å². The standard InChI is InChI=1S/C11H11F2N3O/c1-15-9-6-3-2-4-8(17-11(12)13)10(6)16-5-7(9)14/h2-5,11H,14H2,1H3,(H,15,16). The Morgan fingerprint density at radius 2 is 2.18 bits per heavy atom. The van der Waals surface area contributed by atoms with Gasteiger partial charge in [-0.05, 0) is 6.07 Å². The maximum Gasteiger partial charge on any atom is 0.387 e. The zero-order valence-electron chi connectivity index (χ0n) is 9.08. The first-order valence-electron chi connectivity index (χ1n) is 4.93. The lowest BCUT2D eigenvalue weighted by atomic mass is 10.1. The van der Waals surface area contributed by atoms with E-state index in [2.05, 4.69) is 15.0 Å². The van der Waals surface area contributed by atoms with E-state index in [0.717, 1.165) is 0 Å². The van der Waals surface area contributed by atoms with Gasteiger partial charge in [0.25, 0.3) is 0 Å². The van der Waals surface area contributed by atoms with Gasteiger partial charge in [-0.2, -0.15) is 8.78 Å². The highest BCUT2D eigenvalue weighted by Crippen LogP contribution is 2.32. The number of halogens is 2. The van der Waals surface area contributed by atoms with Gasteiger partial charge in [-0.3, -0.25) is 4.98 Å². The Labute approximate surface area is 96.4 Å². The van der Waals surface area contributed by atoms with Crippen molar-refractivity contribution in [1.29, 1.82) is 0 Å². The van der Waals surface area contributed by atoms with Crippen molar-refractivity contribution in [2.75, 3.05) is 18.1 Å². The molecular weight excluding hydrogens is 228 g/mol. The van der Waals surface area contributed by atoms with E-state index in [1.165, 1.54) is 12.3 Å². The van der Waals surface area contributed by atoms with E-state index < -0.39 is 6.61 Å². The van der Waals surface area contributed by atoms with Crippen LogP contribution in [0, 0.1) is 0 Å². The summed E-state index contributed by atoms with van der Waals surface area (Å²) in [5.74, 6) is 0.0361. The van der Waals surface area contributed by atoms with Crippen molar-refractivity contribution in [3.05, 3.63) is 24.4 Å². The Kier molecular flexibility index (Phi) is 2.95. The lowest BCUT2D eigenvalue weighted by Crippen LogP contribution is -2.04. The Balaban J connectivity index is 2.65. The molecule has 0 radical (unpaired) electrons. The highest BCUT2D eigenvalue weighted by molar-refractivity contribution is 5.99. The van der Waals surface area contributed by atoms with Crippen molar-refractivity contribution in [2.45, 2.75) is 6.61 Å². The average Bonchev–Trinajstić information content (AvgIpc) is 2.28. The summed E-state index contributed by atoms with van der Waals surface area (Å²) in [6, 6.07) is 4.79. The highest BCUT2D eigenvalue weighted by Gasteiger charge is 2.12. The number of anilines is 2. The first-order valence-corrected chi connectivity index (χ1v) is 4.93. The monoisotopic (exact) mass is 239 g/mol. The fourth-order valence-electron chi connectivity index (χ4n) is 1.68. The van der Waals surface area contributed by atoms with E-state index in [9.17, 15) is 8.78 Å². The van der Waals surface area contributed by atoms with Crippen LogP contribution in [0.4, 0.5) is 20.2 Å². The van der Waals surface area contributed by atoms with Crippen LogP contribution >= 0.6 is 0 Å². The molecule has 0 fully saturated rings. The third-order valence-corrected chi connectivity index (χ3v) is 2.36. The van der Waals surface area contributed by atoms with Gasteiger partial charge in [0.1, 0.15) is 5.52 Å². The van der Waals surface area contributed by atoms with Gasteiger partial charge in [0.15, 0.2) is 5.75 Å². The van der Waals surface area contributed by atoms with E-state index in [4.69, 9.17) is 5.73 Å². The lowest BCUT2D eigenvalue weighted by Gasteiger charge is -2.11. The number of hydrogen-bond donors (Lipinski definition) is 2. The van der Waals surface area contributed by atoms with E-state index in [1.807, 2.05) is 0 Å². The molecule has 0 atom stereocenters. The molecule has 2 rings (SSSR count). The van der Waals surface area contributed by atoms with E-state index >= 15 is 0 Å². The molecule has 3 N–H and O–H groups in total. The Hall–Kier alpha value is -2.11. The van der Waals surface area contributed by atoms with Crippen LogP contribution in [0.15, 0.2) is 24.4 Å². The molecule has 90 valence electrons. The molecule has 0 aliphatic heterocycles. The summed E-state index contributed by atoms with van der Waals surface area (Å²) in [5.41, 5.74) is 7.19. The predicted octanol–water partition coefficient (Wildman–Crippen LogP) is 2.46. The molecule has 0 aliphatic carbocycles. The number of fused-ring (bicyclic) bond motifs is 1. The maximum absolute atomic E-state index is 12.2. The third kappa shape index (κ3) is 2.06. The number of nitrogens with zero attached hydrogens (tertiary/aromatic N) is 1. The number of nitrogens with one attached hydrogen (secondary N) is 1. The van der Waals surface area contributed by atoms with Crippen LogP contribution in [-0.2, 0) is 0 Å². The first-order chi connectivity index (χ1) is 8.13. The molecule has 2 aromatic rings. The van der Waals surface area contributed by atoms with Crippen molar-refractivity contribution in [3.8, 4) is 5.75 Å². The molecule has 0 spiro atoms. The molecule has 6 heteroatoms. The first kappa shape index (κ1) is 11.4. The van der Waals surface area contributed by atoms with E-state index in [1.54, 1.807) is 19.2 Å². The smallest absolute Gasteiger partial charge is 0.387 e. The van der Waals surface area contributed by atoms with Crippen molar-refractivity contribution in [3.63, 3.8) is 0 Å². The summed E-state index contributed by atoms with van der Waals surface area (Å²) in [4.78, 5) is 4.02. The second-order valence-corrected chi connectivity index (χ2v) is 3.37. The number of rotatable bonds is 3. The molecule has 17 heavy (non-hydrogen) atoms.